The van der Waals surface area contributed by atoms with Crippen LogP contribution in [-0.2, 0) is 0 Å². The first-order valence-electron chi connectivity index (χ1n) is 8.43. The Bertz CT molecular complexity index is 487. The maximum atomic E-state index is 12.9. The van der Waals surface area contributed by atoms with E-state index in [1.165, 1.54) is 11.6 Å². The van der Waals surface area contributed by atoms with Gasteiger partial charge in [-0.2, -0.15) is 0 Å². The third kappa shape index (κ3) is 6.82. The summed E-state index contributed by atoms with van der Waals surface area (Å²) in [7, 11) is 1.15. The van der Waals surface area contributed by atoms with Crippen molar-refractivity contribution < 1.29 is 13.6 Å². The Balaban J connectivity index is 5.39. The molecule has 0 fully saturated rings. The third-order valence-corrected chi connectivity index (χ3v) is 8.41. The summed E-state index contributed by atoms with van der Waals surface area (Å²) in [5, 5.41) is 2.73. The molecule has 0 rings (SSSR count). The van der Waals surface area contributed by atoms with Crippen LogP contribution in [0, 0.1) is 0 Å². The molecule has 0 aliphatic heterocycles. The Morgan fingerprint density at radius 3 is 2.33 bits per heavy atom. The third-order valence-electron chi connectivity index (χ3n) is 4.14. The molecule has 24 heavy (non-hydrogen) atoms. The van der Waals surface area contributed by atoms with Crippen molar-refractivity contribution in [3.05, 3.63) is 35.2 Å². The molecule has 0 aromatic carbocycles. The molecule has 140 valence electrons. The van der Waals surface area contributed by atoms with Gasteiger partial charge in [0.25, 0.3) is 0 Å². The Kier molecular flexibility index (Phi) is 11.0. The molecule has 0 aliphatic rings. The second kappa shape index (κ2) is 11.5. The second-order valence-corrected chi connectivity index (χ2v) is 10.1. The van der Waals surface area contributed by atoms with Crippen LogP contribution in [-0.4, -0.2) is 43.5 Å². The number of amides is 1. The SMILES string of the molecule is C/C=C\[PH](CC=C(C)CCC)(C(=O)NC/C(=C\C)C(F)F)N(C)C. The van der Waals surface area contributed by atoms with Gasteiger partial charge in [0, 0.05) is 0 Å². The molecule has 0 saturated carbocycles. The van der Waals surface area contributed by atoms with Crippen molar-refractivity contribution in [2.24, 2.45) is 0 Å². The van der Waals surface area contributed by atoms with E-state index in [1.807, 2.05) is 37.6 Å². The van der Waals surface area contributed by atoms with Gasteiger partial charge in [-0.1, -0.05) is 0 Å². The first-order chi connectivity index (χ1) is 11.2. The molecule has 0 aromatic rings. The van der Waals surface area contributed by atoms with Gasteiger partial charge < -0.3 is 0 Å². The zero-order chi connectivity index (χ0) is 18.8. The first-order valence-corrected chi connectivity index (χ1v) is 10.7. The zero-order valence-electron chi connectivity index (χ0n) is 15.8. The van der Waals surface area contributed by atoms with E-state index in [1.54, 1.807) is 6.92 Å². The zero-order valence-corrected chi connectivity index (χ0v) is 16.8. The molecule has 0 atom stereocenters. The van der Waals surface area contributed by atoms with Crippen LogP contribution >= 0.6 is 7.41 Å². The number of allylic oxidation sites excluding steroid dienone is 4. The van der Waals surface area contributed by atoms with Crippen molar-refractivity contribution in [1.29, 1.82) is 0 Å². The molecule has 0 aromatic heterocycles. The number of nitrogens with zero attached hydrogens (tertiary/aromatic N) is 1. The number of nitrogens with one attached hydrogen (secondary N) is 1. The summed E-state index contributed by atoms with van der Waals surface area (Å²) in [5.41, 5.74) is 1.07. The van der Waals surface area contributed by atoms with Gasteiger partial charge in [-0.25, -0.2) is 0 Å². The van der Waals surface area contributed by atoms with E-state index >= 15 is 0 Å². The minimum atomic E-state index is -2.63. The molecule has 0 aliphatic carbocycles. The van der Waals surface area contributed by atoms with Crippen molar-refractivity contribution in [3.8, 4) is 0 Å². The topological polar surface area (TPSA) is 32.3 Å². The average molecular weight is 362 g/mol. The summed E-state index contributed by atoms with van der Waals surface area (Å²) >= 11 is 0. The summed E-state index contributed by atoms with van der Waals surface area (Å²) in [4.78, 5) is 12.9. The number of carbonyl (C=O) groups excluding carboxylic acids is 1. The Morgan fingerprint density at radius 2 is 1.92 bits per heavy atom. The average Bonchev–Trinajstić information content (AvgIpc) is 2.51. The van der Waals surface area contributed by atoms with Gasteiger partial charge in [-0.15, -0.1) is 0 Å². The minimum absolute atomic E-state index is 0.0526. The van der Waals surface area contributed by atoms with E-state index in [2.05, 4.69) is 25.2 Å². The van der Waals surface area contributed by atoms with E-state index in [-0.39, 0.29) is 17.8 Å². The predicted molar refractivity (Wildman–Crippen MR) is 104 cm³/mol. The van der Waals surface area contributed by atoms with E-state index in [0.29, 0.717) is 6.16 Å². The quantitative estimate of drug-likeness (QED) is 0.416. The molecule has 1 amide bonds. The molecule has 0 spiro atoms. The maximum absolute atomic E-state index is 12.9. The standard InChI is InChI=1S/C18H33F2N2OP/c1-7-10-15(4)11-13-24(12-8-2,22(5)6)18(23)21-14-16(9-3)17(19)20/h8-9,11-12,17,24H,7,10,13-14H2,1-6H3,(H,21,23)/b12-8-,15-11?,16-9+. The fraction of sp³-hybridized carbons (Fsp3) is 0.611. The fourth-order valence-corrected chi connectivity index (χ4v) is 5.66. The number of carbonyl (C=O) groups is 1. The number of hydrogen-bond donors (Lipinski definition) is 1. The van der Waals surface area contributed by atoms with E-state index in [9.17, 15) is 13.6 Å². The summed E-state index contributed by atoms with van der Waals surface area (Å²) in [6, 6.07) is 0. The number of halogens is 2. The number of alkyl halides is 2. The monoisotopic (exact) mass is 362 g/mol. The molecule has 0 heterocycles. The number of rotatable bonds is 10. The van der Waals surface area contributed by atoms with Crippen LogP contribution < -0.4 is 5.32 Å². The van der Waals surface area contributed by atoms with Crippen molar-refractivity contribution in [3.63, 3.8) is 0 Å². The molecule has 6 heteroatoms. The van der Waals surface area contributed by atoms with Gasteiger partial charge in [0.1, 0.15) is 0 Å². The van der Waals surface area contributed by atoms with Crippen LogP contribution in [0.1, 0.15) is 40.5 Å². The van der Waals surface area contributed by atoms with Gasteiger partial charge in [0.05, 0.1) is 0 Å². The molecule has 0 bridgehead atoms. The van der Waals surface area contributed by atoms with E-state index in [0.717, 1.165) is 12.8 Å². The summed E-state index contributed by atoms with van der Waals surface area (Å²) in [6.07, 6.45) is 5.54. The summed E-state index contributed by atoms with van der Waals surface area (Å²) in [6.45, 7) is 7.53. The van der Waals surface area contributed by atoms with Gasteiger partial charge >= 0.3 is 146 Å². The number of hydrogen-bond acceptors (Lipinski definition) is 2. The molecule has 0 saturated heterocycles. The Labute approximate surface area is 146 Å². The van der Waals surface area contributed by atoms with E-state index < -0.39 is 13.8 Å². The molecule has 0 unspecified atom stereocenters. The van der Waals surface area contributed by atoms with Crippen LogP contribution in [0.3, 0.4) is 0 Å². The summed E-state index contributed by atoms with van der Waals surface area (Å²) < 4.78 is 27.7. The molecular formula is C18H33F2N2OP. The van der Waals surface area contributed by atoms with E-state index in [4.69, 9.17) is 0 Å². The molecule has 3 nitrogen and oxygen atoms in total. The molecule has 1 N–H and O–H groups in total. The van der Waals surface area contributed by atoms with Crippen LogP contribution in [0.25, 0.3) is 0 Å². The van der Waals surface area contributed by atoms with Crippen LogP contribution in [0.5, 0.6) is 0 Å². The second-order valence-electron chi connectivity index (χ2n) is 6.17. The first kappa shape index (κ1) is 22.9. The molecule has 0 radical (unpaired) electrons. The van der Waals surface area contributed by atoms with Crippen molar-refractivity contribution >= 4 is 13.1 Å². The van der Waals surface area contributed by atoms with Gasteiger partial charge in [0.15, 0.2) is 0 Å². The van der Waals surface area contributed by atoms with Crippen molar-refractivity contribution in [2.45, 2.75) is 47.0 Å². The normalized spacial score (nSPS) is 14.8. The predicted octanol–water partition coefficient (Wildman–Crippen LogP) is 5.41. The fourth-order valence-electron chi connectivity index (χ4n) is 2.51. The van der Waals surface area contributed by atoms with Crippen molar-refractivity contribution in [2.75, 3.05) is 26.8 Å². The Morgan fingerprint density at radius 1 is 1.29 bits per heavy atom. The van der Waals surface area contributed by atoms with Gasteiger partial charge in [-0.3, -0.25) is 0 Å². The summed E-state index contributed by atoms with van der Waals surface area (Å²) in [5.74, 6) is 1.97. The van der Waals surface area contributed by atoms with Crippen LogP contribution in [0.4, 0.5) is 13.6 Å². The Hall–Kier alpha value is -1.06. The van der Waals surface area contributed by atoms with Crippen LogP contribution in [0.2, 0.25) is 0 Å². The van der Waals surface area contributed by atoms with Gasteiger partial charge in [0.2, 0.25) is 0 Å². The van der Waals surface area contributed by atoms with Gasteiger partial charge in [-0.05, 0) is 0 Å². The van der Waals surface area contributed by atoms with Crippen molar-refractivity contribution in [1.82, 2.24) is 9.99 Å². The molecular weight excluding hydrogens is 329 g/mol. The van der Waals surface area contributed by atoms with Crippen LogP contribution in [0.15, 0.2) is 35.2 Å².